The summed E-state index contributed by atoms with van der Waals surface area (Å²) < 4.78 is 0. The highest BCUT2D eigenvalue weighted by atomic mass is 32.2. The predicted octanol–water partition coefficient (Wildman–Crippen LogP) is 5.29. The number of rotatable bonds is 6. The lowest BCUT2D eigenvalue weighted by atomic mass is 10.1. The summed E-state index contributed by atoms with van der Waals surface area (Å²) in [7, 11) is 0. The van der Waals surface area contributed by atoms with E-state index in [0.717, 1.165) is 21.7 Å². The standard InChI is InChI=1S/C23H22N2O2S/c1-16-9-8-14-20(17(16)2)25-23(27)19-12-6-7-13-21(19)24-22(26)15-28-18-10-4-3-5-11-18/h3-14H,15H2,1-2H3,(H,24,26)(H,25,27). The Hall–Kier alpha value is -3.05. The van der Waals surface area contributed by atoms with Gasteiger partial charge in [-0.3, -0.25) is 9.59 Å². The minimum absolute atomic E-state index is 0.152. The molecule has 0 saturated carbocycles. The molecule has 142 valence electrons. The van der Waals surface area contributed by atoms with E-state index in [4.69, 9.17) is 0 Å². The minimum atomic E-state index is -0.250. The molecule has 3 rings (SSSR count). The van der Waals surface area contributed by atoms with Gasteiger partial charge >= 0.3 is 0 Å². The van der Waals surface area contributed by atoms with E-state index in [0.29, 0.717) is 11.3 Å². The third-order valence-corrected chi connectivity index (χ3v) is 5.42. The van der Waals surface area contributed by atoms with Crippen LogP contribution in [0.1, 0.15) is 21.5 Å². The molecule has 0 heterocycles. The van der Waals surface area contributed by atoms with E-state index in [1.54, 1.807) is 24.3 Å². The first kappa shape index (κ1) is 19.7. The summed E-state index contributed by atoms with van der Waals surface area (Å²) >= 11 is 1.46. The molecule has 0 aromatic heterocycles. The normalized spacial score (nSPS) is 10.4. The largest absolute Gasteiger partial charge is 0.325 e. The fraction of sp³-hybridized carbons (Fsp3) is 0.130. The summed E-state index contributed by atoms with van der Waals surface area (Å²) in [6.07, 6.45) is 0. The number of benzene rings is 3. The maximum atomic E-state index is 12.8. The highest BCUT2D eigenvalue weighted by Gasteiger charge is 2.14. The van der Waals surface area contributed by atoms with Gasteiger partial charge in [-0.25, -0.2) is 0 Å². The van der Waals surface area contributed by atoms with Crippen LogP contribution in [0.5, 0.6) is 0 Å². The summed E-state index contributed by atoms with van der Waals surface area (Å²) in [5, 5.41) is 5.80. The number of carbonyl (C=O) groups is 2. The van der Waals surface area contributed by atoms with Gasteiger partial charge in [-0.1, -0.05) is 42.5 Å². The van der Waals surface area contributed by atoms with Crippen LogP contribution in [0.3, 0.4) is 0 Å². The Morgan fingerprint density at radius 3 is 2.25 bits per heavy atom. The second kappa shape index (κ2) is 9.24. The van der Waals surface area contributed by atoms with Crippen LogP contribution >= 0.6 is 11.8 Å². The van der Waals surface area contributed by atoms with Crippen LogP contribution in [-0.2, 0) is 4.79 Å². The molecule has 0 saturated heterocycles. The Balaban J connectivity index is 1.69. The Bertz CT molecular complexity index is 987. The van der Waals surface area contributed by atoms with Crippen molar-refractivity contribution < 1.29 is 9.59 Å². The van der Waals surface area contributed by atoms with Crippen LogP contribution in [0.25, 0.3) is 0 Å². The molecule has 0 aliphatic heterocycles. The first-order chi connectivity index (χ1) is 13.5. The zero-order valence-electron chi connectivity index (χ0n) is 15.9. The fourth-order valence-corrected chi connectivity index (χ4v) is 3.44. The Morgan fingerprint density at radius 2 is 1.46 bits per heavy atom. The van der Waals surface area contributed by atoms with Crippen molar-refractivity contribution in [1.82, 2.24) is 0 Å². The number of amides is 2. The van der Waals surface area contributed by atoms with E-state index < -0.39 is 0 Å². The van der Waals surface area contributed by atoms with E-state index in [1.807, 2.05) is 62.4 Å². The van der Waals surface area contributed by atoms with Gasteiger partial charge in [0.05, 0.1) is 17.0 Å². The second-order valence-electron chi connectivity index (χ2n) is 6.40. The molecule has 2 amide bonds. The maximum Gasteiger partial charge on any atom is 0.257 e. The molecule has 0 spiro atoms. The fourth-order valence-electron chi connectivity index (χ4n) is 2.72. The van der Waals surface area contributed by atoms with Crippen molar-refractivity contribution >= 4 is 35.0 Å². The molecular formula is C23H22N2O2S. The van der Waals surface area contributed by atoms with Crippen molar-refractivity contribution in [1.29, 1.82) is 0 Å². The number of hydrogen-bond donors (Lipinski definition) is 2. The van der Waals surface area contributed by atoms with Crippen LogP contribution in [0, 0.1) is 13.8 Å². The Morgan fingerprint density at radius 1 is 0.786 bits per heavy atom. The number of anilines is 2. The smallest absolute Gasteiger partial charge is 0.257 e. The van der Waals surface area contributed by atoms with Crippen LogP contribution in [-0.4, -0.2) is 17.6 Å². The predicted molar refractivity (Wildman–Crippen MR) is 116 cm³/mol. The van der Waals surface area contributed by atoms with Gasteiger partial charge in [0.25, 0.3) is 5.91 Å². The number of hydrogen-bond acceptors (Lipinski definition) is 3. The van der Waals surface area contributed by atoms with Gasteiger partial charge in [-0.2, -0.15) is 0 Å². The lowest BCUT2D eigenvalue weighted by Crippen LogP contribution is -2.19. The molecule has 0 aliphatic carbocycles. The highest BCUT2D eigenvalue weighted by Crippen LogP contribution is 2.22. The lowest BCUT2D eigenvalue weighted by molar-refractivity contribution is -0.113. The zero-order chi connectivity index (χ0) is 19.9. The molecule has 2 N–H and O–H groups in total. The lowest BCUT2D eigenvalue weighted by Gasteiger charge is -2.13. The molecule has 4 nitrogen and oxygen atoms in total. The van der Waals surface area contributed by atoms with Crippen molar-refractivity contribution in [2.24, 2.45) is 0 Å². The Labute approximate surface area is 169 Å². The second-order valence-corrected chi connectivity index (χ2v) is 7.45. The van der Waals surface area contributed by atoms with Crippen LogP contribution in [0.2, 0.25) is 0 Å². The minimum Gasteiger partial charge on any atom is -0.325 e. The first-order valence-electron chi connectivity index (χ1n) is 8.99. The van der Waals surface area contributed by atoms with E-state index in [1.165, 1.54) is 11.8 Å². The summed E-state index contributed by atoms with van der Waals surface area (Å²) in [4.78, 5) is 26.2. The van der Waals surface area contributed by atoms with Gasteiger partial charge in [-0.05, 0) is 55.3 Å². The third-order valence-electron chi connectivity index (χ3n) is 4.41. The van der Waals surface area contributed by atoms with E-state index >= 15 is 0 Å². The Kier molecular flexibility index (Phi) is 6.50. The van der Waals surface area contributed by atoms with Gasteiger partial charge in [0.2, 0.25) is 5.91 Å². The summed E-state index contributed by atoms with van der Waals surface area (Å²) in [6.45, 7) is 3.98. The number of aryl methyl sites for hydroxylation is 1. The quantitative estimate of drug-likeness (QED) is 0.563. The summed E-state index contributed by atoms with van der Waals surface area (Å²) in [5.74, 6) is -0.127. The van der Waals surface area contributed by atoms with E-state index in [9.17, 15) is 9.59 Å². The van der Waals surface area contributed by atoms with Gasteiger partial charge in [0.15, 0.2) is 0 Å². The van der Waals surface area contributed by atoms with Gasteiger partial charge in [0.1, 0.15) is 0 Å². The SMILES string of the molecule is Cc1cccc(NC(=O)c2ccccc2NC(=O)CSc2ccccc2)c1C. The van der Waals surface area contributed by atoms with Gasteiger partial charge in [0, 0.05) is 10.6 Å². The third kappa shape index (κ3) is 5.02. The van der Waals surface area contributed by atoms with Crippen molar-refractivity contribution in [2.45, 2.75) is 18.7 Å². The van der Waals surface area contributed by atoms with Crippen molar-refractivity contribution in [3.63, 3.8) is 0 Å². The molecule has 5 heteroatoms. The number of thioether (sulfide) groups is 1. The first-order valence-corrected chi connectivity index (χ1v) is 9.97. The molecule has 28 heavy (non-hydrogen) atoms. The molecule has 0 atom stereocenters. The van der Waals surface area contributed by atoms with Crippen molar-refractivity contribution in [3.05, 3.63) is 89.5 Å². The highest BCUT2D eigenvalue weighted by molar-refractivity contribution is 8.00. The molecular weight excluding hydrogens is 368 g/mol. The molecule has 3 aromatic carbocycles. The number of carbonyl (C=O) groups excluding carboxylic acids is 2. The molecule has 0 bridgehead atoms. The maximum absolute atomic E-state index is 12.8. The van der Waals surface area contributed by atoms with Crippen LogP contribution in [0.4, 0.5) is 11.4 Å². The zero-order valence-corrected chi connectivity index (χ0v) is 16.7. The topological polar surface area (TPSA) is 58.2 Å². The average Bonchev–Trinajstić information content (AvgIpc) is 2.71. The number of nitrogens with one attached hydrogen (secondary N) is 2. The van der Waals surface area contributed by atoms with Crippen molar-refractivity contribution in [2.75, 3.05) is 16.4 Å². The molecule has 0 fully saturated rings. The van der Waals surface area contributed by atoms with Crippen LogP contribution in [0.15, 0.2) is 77.7 Å². The summed E-state index contributed by atoms with van der Waals surface area (Å²) in [5.41, 5.74) is 3.84. The molecule has 0 aliphatic rings. The monoisotopic (exact) mass is 390 g/mol. The van der Waals surface area contributed by atoms with Gasteiger partial charge in [-0.15, -0.1) is 11.8 Å². The molecule has 0 radical (unpaired) electrons. The summed E-state index contributed by atoms with van der Waals surface area (Å²) in [6, 6.07) is 22.6. The van der Waals surface area contributed by atoms with Gasteiger partial charge < -0.3 is 10.6 Å². The van der Waals surface area contributed by atoms with E-state index in [-0.39, 0.29) is 17.6 Å². The van der Waals surface area contributed by atoms with Crippen molar-refractivity contribution in [3.8, 4) is 0 Å². The molecule has 3 aromatic rings. The average molecular weight is 391 g/mol. The van der Waals surface area contributed by atoms with E-state index in [2.05, 4.69) is 10.6 Å². The molecule has 0 unspecified atom stereocenters. The van der Waals surface area contributed by atoms with Crippen LogP contribution < -0.4 is 10.6 Å². The number of para-hydroxylation sites is 1.